The fourth-order valence-corrected chi connectivity index (χ4v) is 3.25. The van der Waals surface area contributed by atoms with Crippen molar-refractivity contribution in [1.29, 1.82) is 0 Å². The van der Waals surface area contributed by atoms with Gasteiger partial charge in [-0.05, 0) is 103 Å². The lowest BCUT2D eigenvalue weighted by molar-refractivity contribution is -0.143. The summed E-state index contributed by atoms with van der Waals surface area (Å²) in [6, 6.07) is 16.5. The van der Waals surface area contributed by atoms with Crippen LogP contribution >= 0.6 is 0 Å². The second kappa shape index (κ2) is 11.4. The van der Waals surface area contributed by atoms with Crippen LogP contribution in [0, 0.1) is 5.41 Å². The number of carbonyl (C=O) groups is 1. The maximum atomic E-state index is 11.9. The minimum absolute atomic E-state index is 0.150. The molecule has 0 saturated carbocycles. The van der Waals surface area contributed by atoms with Gasteiger partial charge in [0.05, 0.1) is 5.41 Å². The molecule has 0 N–H and O–H groups in total. The summed E-state index contributed by atoms with van der Waals surface area (Å²) in [5.41, 5.74) is 2.05. The number of rotatable bonds is 10. The van der Waals surface area contributed by atoms with E-state index in [0.29, 0.717) is 5.75 Å². The van der Waals surface area contributed by atoms with Crippen molar-refractivity contribution >= 4 is 5.97 Å². The standard InChI is InChI=1S/C28H40O3/c1-27(2,3)26(29)30-24-18-14-22(15-19-24)12-10-8-7-9-11-13-23-16-20-25(21-17-23)31-28(4,5)6/h14-21H,7-13H2,1-6H3. The Morgan fingerprint density at radius 3 is 1.48 bits per heavy atom. The second-order valence-corrected chi connectivity index (χ2v) is 10.4. The van der Waals surface area contributed by atoms with Gasteiger partial charge in [-0.25, -0.2) is 0 Å². The van der Waals surface area contributed by atoms with Crippen LogP contribution in [0.1, 0.15) is 84.8 Å². The van der Waals surface area contributed by atoms with Crippen LogP contribution in [-0.4, -0.2) is 11.6 Å². The number of carbonyl (C=O) groups excluding carboxylic acids is 1. The molecule has 0 atom stereocenters. The number of hydrogen-bond donors (Lipinski definition) is 0. The normalized spacial score (nSPS) is 11.9. The van der Waals surface area contributed by atoms with Crippen LogP contribution in [0.3, 0.4) is 0 Å². The van der Waals surface area contributed by atoms with Crippen LogP contribution in [0.2, 0.25) is 0 Å². The summed E-state index contributed by atoms with van der Waals surface area (Å²) in [7, 11) is 0. The van der Waals surface area contributed by atoms with Gasteiger partial charge in [0, 0.05) is 0 Å². The Bertz CT molecular complexity index is 790. The van der Waals surface area contributed by atoms with Crippen LogP contribution in [0.4, 0.5) is 0 Å². The van der Waals surface area contributed by atoms with E-state index in [0.717, 1.165) is 18.6 Å². The van der Waals surface area contributed by atoms with E-state index < -0.39 is 5.41 Å². The molecular weight excluding hydrogens is 384 g/mol. The molecule has 0 bridgehead atoms. The molecule has 0 saturated heterocycles. The third-order valence-corrected chi connectivity index (χ3v) is 5.02. The Kier molecular flexibility index (Phi) is 9.15. The molecule has 2 aromatic carbocycles. The molecule has 0 amide bonds. The third-order valence-electron chi connectivity index (χ3n) is 5.02. The van der Waals surface area contributed by atoms with Gasteiger partial charge in [-0.1, -0.05) is 43.5 Å². The van der Waals surface area contributed by atoms with Crippen molar-refractivity contribution in [3.8, 4) is 11.5 Å². The lowest BCUT2D eigenvalue weighted by Gasteiger charge is -2.21. The lowest BCUT2D eigenvalue weighted by atomic mass is 9.97. The highest BCUT2D eigenvalue weighted by atomic mass is 16.5. The highest BCUT2D eigenvalue weighted by Crippen LogP contribution is 2.21. The van der Waals surface area contributed by atoms with Gasteiger partial charge in [0.2, 0.25) is 0 Å². The summed E-state index contributed by atoms with van der Waals surface area (Å²) in [5, 5.41) is 0. The Morgan fingerprint density at radius 2 is 1.06 bits per heavy atom. The summed E-state index contributed by atoms with van der Waals surface area (Å²) in [4.78, 5) is 11.9. The largest absolute Gasteiger partial charge is 0.488 e. The zero-order valence-electron chi connectivity index (χ0n) is 20.3. The van der Waals surface area contributed by atoms with Crippen molar-refractivity contribution in [2.24, 2.45) is 5.41 Å². The van der Waals surface area contributed by atoms with E-state index in [2.05, 4.69) is 57.2 Å². The summed E-state index contributed by atoms with van der Waals surface area (Å²) in [5.74, 6) is 1.37. The number of unbranched alkanes of at least 4 members (excludes halogenated alkanes) is 4. The van der Waals surface area contributed by atoms with E-state index in [-0.39, 0.29) is 11.6 Å². The molecule has 3 heteroatoms. The van der Waals surface area contributed by atoms with E-state index in [9.17, 15) is 4.79 Å². The van der Waals surface area contributed by atoms with Crippen LogP contribution < -0.4 is 9.47 Å². The smallest absolute Gasteiger partial charge is 0.316 e. The summed E-state index contributed by atoms with van der Waals surface area (Å²) in [6.45, 7) is 11.8. The number of hydrogen-bond acceptors (Lipinski definition) is 3. The highest BCUT2D eigenvalue weighted by Gasteiger charge is 2.23. The third kappa shape index (κ3) is 10.0. The molecule has 0 unspecified atom stereocenters. The monoisotopic (exact) mass is 424 g/mol. The van der Waals surface area contributed by atoms with Gasteiger partial charge in [-0.15, -0.1) is 0 Å². The number of aryl methyl sites for hydroxylation is 2. The zero-order chi connectivity index (χ0) is 22.9. The maximum absolute atomic E-state index is 11.9. The van der Waals surface area contributed by atoms with Gasteiger partial charge in [-0.3, -0.25) is 4.79 Å². The van der Waals surface area contributed by atoms with Crippen molar-refractivity contribution in [3.63, 3.8) is 0 Å². The molecule has 0 aliphatic carbocycles. The first kappa shape index (κ1) is 25.0. The minimum atomic E-state index is -0.483. The Hall–Kier alpha value is -2.29. The average Bonchev–Trinajstić information content (AvgIpc) is 2.68. The predicted molar refractivity (Wildman–Crippen MR) is 129 cm³/mol. The Labute approximate surface area is 189 Å². The molecule has 0 aliphatic heterocycles. The van der Waals surface area contributed by atoms with E-state index in [4.69, 9.17) is 9.47 Å². The van der Waals surface area contributed by atoms with Crippen molar-refractivity contribution < 1.29 is 14.3 Å². The number of esters is 1. The summed E-state index contributed by atoms with van der Waals surface area (Å²) >= 11 is 0. The Balaban J connectivity index is 1.59. The van der Waals surface area contributed by atoms with Crippen LogP contribution in [0.15, 0.2) is 48.5 Å². The molecule has 0 spiro atoms. The van der Waals surface area contributed by atoms with E-state index >= 15 is 0 Å². The molecule has 2 rings (SSSR count). The van der Waals surface area contributed by atoms with Gasteiger partial charge in [0.15, 0.2) is 0 Å². The Morgan fingerprint density at radius 1 is 0.645 bits per heavy atom. The van der Waals surface area contributed by atoms with Crippen LogP contribution in [0.5, 0.6) is 11.5 Å². The maximum Gasteiger partial charge on any atom is 0.316 e. The summed E-state index contributed by atoms with van der Waals surface area (Å²) < 4.78 is 11.3. The molecule has 3 nitrogen and oxygen atoms in total. The first-order valence-electron chi connectivity index (χ1n) is 11.6. The van der Waals surface area contributed by atoms with Gasteiger partial charge in [0.1, 0.15) is 17.1 Å². The van der Waals surface area contributed by atoms with Gasteiger partial charge in [0.25, 0.3) is 0 Å². The minimum Gasteiger partial charge on any atom is -0.488 e. The topological polar surface area (TPSA) is 35.5 Å². The van der Waals surface area contributed by atoms with Gasteiger partial charge >= 0.3 is 5.97 Å². The highest BCUT2D eigenvalue weighted by molar-refractivity contribution is 5.77. The van der Waals surface area contributed by atoms with Crippen molar-refractivity contribution in [2.75, 3.05) is 0 Å². The first-order chi connectivity index (χ1) is 14.5. The van der Waals surface area contributed by atoms with Crippen LogP contribution in [0.25, 0.3) is 0 Å². The van der Waals surface area contributed by atoms with E-state index in [1.807, 2.05) is 32.9 Å². The fraction of sp³-hybridized carbons (Fsp3) is 0.536. The molecule has 0 heterocycles. The first-order valence-corrected chi connectivity index (χ1v) is 11.6. The molecule has 0 fully saturated rings. The molecular formula is C28H40O3. The molecule has 2 aromatic rings. The van der Waals surface area contributed by atoms with Crippen LogP contribution in [-0.2, 0) is 17.6 Å². The van der Waals surface area contributed by atoms with Gasteiger partial charge < -0.3 is 9.47 Å². The molecule has 31 heavy (non-hydrogen) atoms. The molecule has 0 aromatic heterocycles. The second-order valence-electron chi connectivity index (χ2n) is 10.4. The average molecular weight is 425 g/mol. The van der Waals surface area contributed by atoms with E-state index in [1.165, 1.54) is 43.2 Å². The summed E-state index contributed by atoms with van der Waals surface area (Å²) in [6.07, 6.45) is 8.41. The van der Waals surface area contributed by atoms with E-state index in [1.54, 1.807) is 0 Å². The zero-order valence-corrected chi connectivity index (χ0v) is 20.3. The molecule has 0 radical (unpaired) electrons. The van der Waals surface area contributed by atoms with Crippen molar-refractivity contribution in [1.82, 2.24) is 0 Å². The van der Waals surface area contributed by atoms with Crippen molar-refractivity contribution in [3.05, 3.63) is 59.7 Å². The number of ether oxygens (including phenoxy) is 2. The predicted octanol–water partition coefficient (Wildman–Crippen LogP) is 7.55. The molecule has 0 aliphatic rings. The number of benzene rings is 2. The fourth-order valence-electron chi connectivity index (χ4n) is 3.25. The lowest BCUT2D eigenvalue weighted by Crippen LogP contribution is -2.25. The van der Waals surface area contributed by atoms with Crippen molar-refractivity contribution in [2.45, 2.75) is 92.1 Å². The SMILES string of the molecule is CC(C)(C)Oc1ccc(CCCCCCCc2ccc(OC(=O)C(C)(C)C)cc2)cc1. The molecule has 170 valence electrons. The van der Waals surface area contributed by atoms with Gasteiger partial charge in [-0.2, -0.15) is 0 Å². The quantitative estimate of drug-likeness (QED) is 0.224.